The Bertz CT molecular complexity index is 859. The fraction of sp³-hybridized carbons (Fsp3) is 0. The van der Waals surface area contributed by atoms with Gasteiger partial charge in [0.05, 0.1) is 10.6 Å². The Morgan fingerprint density at radius 1 is 1.26 bits per heavy atom. The predicted molar refractivity (Wildman–Crippen MR) is 91.7 cm³/mol. The van der Waals surface area contributed by atoms with Crippen molar-refractivity contribution in [3.8, 4) is 11.5 Å². The van der Waals surface area contributed by atoms with Gasteiger partial charge in [0.1, 0.15) is 0 Å². The summed E-state index contributed by atoms with van der Waals surface area (Å²) in [4.78, 5) is 12.8. The SMILES string of the molecule is O=C(C=Cc1cccs1)Nc1nnc(-c2cc(Cl)ccc2Cl)o1. The molecule has 1 amide bonds. The third kappa shape index (κ3) is 3.98. The number of nitrogens with one attached hydrogen (secondary N) is 1. The Labute approximate surface area is 145 Å². The molecule has 0 spiro atoms. The summed E-state index contributed by atoms with van der Waals surface area (Å²) in [5, 5.41) is 13.0. The molecule has 2 aromatic heterocycles. The lowest BCUT2D eigenvalue weighted by molar-refractivity contribution is -0.112. The van der Waals surface area contributed by atoms with E-state index in [1.807, 2.05) is 17.5 Å². The van der Waals surface area contributed by atoms with Crippen LogP contribution in [0.1, 0.15) is 4.88 Å². The Morgan fingerprint density at radius 2 is 2.13 bits per heavy atom. The monoisotopic (exact) mass is 365 g/mol. The van der Waals surface area contributed by atoms with Crippen LogP contribution in [0.25, 0.3) is 17.5 Å². The summed E-state index contributed by atoms with van der Waals surface area (Å²) < 4.78 is 5.38. The molecular weight excluding hydrogens is 357 g/mol. The maximum absolute atomic E-state index is 11.8. The molecule has 0 radical (unpaired) electrons. The van der Waals surface area contributed by atoms with Gasteiger partial charge < -0.3 is 4.42 Å². The molecule has 0 fully saturated rings. The number of nitrogens with zero attached hydrogens (tertiary/aromatic N) is 2. The van der Waals surface area contributed by atoms with Gasteiger partial charge in [-0.05, 0) is 35.7 Å². The van der Waals surface area contributed by atoms with Gasteiger partial charge in [-0.3, -0.25) is 10.1 Å². The topological polar surface area (TPSA) is 68.0 Å². The van der Waals surface area contributed by atoms with Gasteiger partial charge >= 0.3 is 6.01 Å². The zero-order valence-corrected chi connectivity index (χ0v) is 13.8. The molecule has 2 heterocycles. The first-order chi connectivity index (χ1) is 11.1. The fourth-order valence-corrected chi connectivity index (χ4v) is 2.72. The highest BCUT2D eigenvalue weighted by molar-refractivity contribution is 7.10. The van der Waals surface area contributed by atoms with Crippen molar-refractivity contribution in [2.45, 2.75) is 0 Å². The van der Waals surface area contributed by atoms with E-state index in [2.05, 4.69) is 15.5 Å². The molecule has 3 rings (SSSR count). The van der Waals surface area contributed by atoms with E-state index in [0.29, 0.717) is 15.6 Å². The van der Waals surface area contributed by atoms with Crippen LogP contribution < -0.4 is 5.32 Å². The molecule has 5 nitrogen and oxygen atoms in total. The number of carbonyl (C=O) groups is 1. The third-order valence-electron chi connectivity index (χ3n) is 2.76. The molecular formula is C15H9Cl2N3O2S. The Hall–Kier alpha value is -2.15. The molecule has 1 N–H and O–H groups in total. The normalized spacial score (nSPS) is 11.0. The van der Waals surface area contributed by atoms with Crippen molar-refractivity contribution in [3.63, 3.8) is 0 Å². The average molecular weight is 366 g/mol. The van der Waals surface area contributed by atoms with Gasteiger partial charge in [0.2, 0.25) is 0 Å². The van der Waals surface area contributed by atoms with E-state index < -0.39 is 0 Å². The number of hydrogen-bond donors (Lipinski definition) is 1. The second-order valence-corrected chi connectivity index (χ2v) is 6.20. The summed E-state index contributed by atoms with van der Waals surface area (Å²) in [6.45, 7) is 0. The predicted octanol–water partition coefficient (Wildman–Crippen LogP) is 4.76. The van der Waals surface area contributed by atoms with Gasteiger partial charge in [0.15, 0.2) is 0 Å². The summed E-state index contributed by atoms with van der Waals surface area (Å²) in [7, 11) is 0. The highest BCUT2D eigenvalue weighted by atomic mass is 35.5. The van der Waals surface area contributed by atoms with Crippen LogP contribution in [-0.4, -0.2) is 16.1 Å². The van der Waals surface area contributed by atoms with Gasteiger partial charge in [-0.2, -0.15) is 0 Å². The number of carbonyl (C=O) groups excluding carboxylic acids is 1. The van der Waals surface area contributed by atoms with E-state index in [1.165, 1.54) is 17.4 Å². The molecule has 3 aromatic rings. The molecule has 23 heavy (non-hydrogen) atoms. The van der Waals surface area contributed by atoms with Crippen molar-refractivity contribution in [1.82, 2.24) is 10.2 Å². The van der Waals surface area contributed by atoms with Crippen molar-refractivity contribution >= 4 is 52.5 Å². The number of anilines is 1. The Balaban J connectivity index is 1.72. The number of benzene rings is 1. The van der Waals surface area contributed by atoms with Crippen molar-refractivity contribution < 1.29 is 9.21 Å². The van der Waals surface area contributed by atoms with Gasteiger partial charge in [-0.25, -0.2) is 0 Å². The smallest absolute Gasteiger partial charge is 0.322 e. The lowest BCUT2D eigenvalue weighted by atomic mass is 10.2. The molecule has 0 aliphatic rings. The minimum Gasteiger partial charge on any atom is -0.403 e. The van der Waals surface area contributed by atoms with Crippen LogP contribution in [-0.2, 0) is 4.79 Å². The Kier molecular flexibility index (Phi) is 4.76. The molecule has 8 heteroatoms. The summed E-state index contributed by atoms with van der Waals surface area (Å²) in [5.74, 6) is -0.194. The van der Waals surface area contributed by atoms with Crippen LogP contribution >= 0.6 is 34.5 Å². The fourth-order valence-electron chi connectivity index (χ4n) is 1.73. The number of rotatable bonds is 4. The van der Waals surface area contributed by atoms with Crippen LogP contribution in [0, 0.1) is 0 Å². The molecule has 0 atom stereocenters. The van der Waals surface area contributed by atoms with Gasteiger partial charge in [0.25, 0.3) is 11.8 Å². The molecule has 0 bridgehead atoms. The standard InChI is InChI=1S/C15H9Cl2N3O2S/c16-9-3-5-12(17)11(8-9)14-19-20-15(22-14)18-13(21)6-4-10-2-1-7-23-10/h1-8H,(H,18,20,21). The van der Waals surface area contributed by atoms with Gasteiger partial charge in [0, 0.05) is 16.0 Å². The summed E-state index contributed by atoms with van der Waals surface area (Å²) >= 11 is 13.5. The number of amides is 1. The van der Waals surface area contributed by atoms with E-state index in [9.17, 15) is 4.79 Å². The molecule has 1 aromatic carbocycles. The largest absolute Gasteiger partial charge is 0.403 e. The second kappa shape index (κ2) is 6.95. The van der Waals surface area contributed by atoms with Crippen LogP contribution in [0.2, 0.25) is 10.0 Å². The lowest BCUT2D eigenvalue weighted by Crippen LogP contribution is -2.07. The van der Waals surface area contributed by atoms with Crippen LogP contribution in [0.3, 0.4) is 0 Å². The number of aromatic nitrogens is 2. The quantitative estimate of drug-likeness (QED) is 0.676. The van der Waals surface area contributed by atoms with E-state index in [0.717, 1.165) is 4.88 Å². The molecule has 0 saturated carbocycles. The Morgan fingerprint density at radius 3 is 2.91 bits per heavy atom. The first-order valence-corrected chi connectivity index (χ1v) is 8.07. The summed E-state index contributed by atoms with van der Waals surface area (Å²) in [6, 6.07) is 8.69. The first kappa shape index (κ1) is 15.7. The molecule has 0 saturated heterocycles. The van der Waals surface area contributed by atoms with Crippen molar-refractivity contribution in [2.75, 3.05) is 5.32 Å². The molecule has 0 aliphatic heterocycles. The van der Waals surface area contributed by atoms with Crippen LogP contribution in [0.4, 0.5) is 6.01 Å². The van der Waals surface area contributed by atoms with Crippen molar-refractivity contribution in [2.24, 2.45) is 0 Å². The maximum atomic E-state index is 11.8. The lowest BCUT2D eigenvalue weighted by Gasteiger charge is -1.99. The third-order valence-corrected chi connectivity index (χ3v) is 4.16. The minimum atomic E-state index is -0.370. The molecule has 0 unspecified atom stereocenters. The molecule has 0 aliphatic carbocycles. The molecule has 116 valence electrons. The first-order valence-electron chi connectivity index (χ1n) is 6.43. The highest BCUT2D eigenvalue weighted by Gasteiger charge is 2.13. The summed E-state index contributed by atoms with van der Waals surface area (Å²) in [5.41, 5.74) is 0.501. The zero-order valence-electron chi connectivity index (χ0n) is 11.5. The van der Waals surface area contributed by atoms with Crippen LogP contribution in [0.15, 0.2) is 46.2 Å². The van der Waals surface area contributed by atoms with Gasteiger partial charge in [-0.15, -0.1) is 16.4 Å². The van der Waals surface area contributed by atoms with Crippen LogP contribution in [0.5, 0.6) is 0 Å². The van der Waals surface area contributed by atoms with E-state index in [4.69, 9.17) is 27.6 Å². The second-order valence-electron chi connectivity index (χ2n) is 4.37. The average Bonchev–Trinajstić information content (AvgIpc) is 3.19. The van der Waals surface area contributed by atoms with Crippen molar-refractivity contribution in [3.05, 3.63) is 56.7 Å². The van der Waals surface area contributed by atoms with E-state index in [-0.39, 0.29) is 17.8 Å². The maximum Gasteiger partial charge on any atom is 0.322 e. The number of halogens is 2. The van der Waals surface area contributed by atoms with Crippen molar-refractivity contribution in [1.29, 1.82) is 0 Å². The summed E-state index contributed by atoms with van der Waals surface area (Å²) in [6.07, 6.45) is 3.09. The highest BCUT2D eigenvalue weighted by Crippen LogP contribution is 2.30. The van der Waals surface area contributed by atoms with E-state index >= 15 is 0 Å². The zero-order chi connectivity index (χ0) is 16.2. The number of hydrogen-bond acceptors (Lipinski definition) is 5. The van der Waals surface area contributed by atoms with Gasteiger partial charge in [-0.1, -0.05) is 34.4 Å². The van der Waals surface area contributed by atoms with E-state index in [1.54, 1.807) is 24.3 Å². The number of thiophene rings is 1. The minimum absolute atomic E-state index is 0.0168.